The van der Waals surface area contributed by atoms with Crippen LogP contribution >= 0.6 is 0 Å². The number of hydrogen-bond acceptors (Lipinski definition) is 13. The van der Waals surface area contributed by atoms with Crippen molar-refractivity contribution in [3.63, 3.8) is 0 Å². The average Bonchev–Trinajstić information content (AvgIpc) is 2.77. The summed E-state index contributed by atoms with van der Waals surface area (Å²) in [7, 11) is 1.44. The van der Waals surface area contributed by atoms with Gasteiger partial charge in [0.25, 0.3) is 0 Å². The van der Waals surface area contributed by atoms with E-state index in [2.05, 4.69) is 38.0 Å². The van der Waals surface area contributed by atoms with Crippen LogP contribution in [-0.2, 0) is 47.6 Å². The van der Waals surface area contributed by atoms with Crippen LogP contribution in [0.25, 0.3) is 0 Å². The summed E-state index contributed by atoms with van der Waals surface area (Å²) in [5.74, 6) is -1.79. The first-order chi connectivity index (χ1) is 15.0. The monoisotopic (exact) mass is 458 g/mol. The molecule has 1 N–H and O–H groups in total. The summed E-state index contributed by atoms with van der Waals surface area (Å²) < 4.78 is 32.1. The molecule has 31 heavy (non-hydrogen) atoms. The van der Waals surface area contributed by atoms with E-state index in [0.29, 0.717) is 0 Å². The lowest BCUT2D eigenvalue weighted by molar-refractivity contribution is -0.247. The lowest BCUT2D eigenvalue weighted by Crippen LogP contribution is -2.20. The van der Waals surface area contributed by atoms with Gasteiger partial charge in [0.2, 0.25) is 0 Å². The second kappa shape index (κ2) is 27.4. The quantitative estimate of drug-likeness (QED) is 0.100. The van der Waals surface area contributed by atoms with Gasteiger partial charge in [0.15, 0.2) is 0 Å². The van der Waals surface area contributed by atoms with Crippen molar-refractivity contribution in [1.82, 2.24) is 0 Å². The number of carbonyl (C=O) groups excluding carboxylic acids is 4. The fourth-order valence-electron chi connectivity index (χ4n) is 1.23. The van der Waals surface area contributed by atoms with Crippen molar-refractivity contribution in [3.8, 4) is 0 Å². The summed E-state index contributed by atoms with van der Waals surface area (Å²) >= 11 is 0. The maximum Gasteiger partial charge on any atom is 0.508 e. The van der Waals surface area contributed by atoms with Crippen molar-refractivity contribution in [2.24, 2.45) is 0 Å². The molecule has 0 rings (SSSR count). The van der Waals surface area contributed by atoms with E-state index in [1.54, 1.807) is 0 Å². The Kier molecular flexibility index (Phi) is 29.1. The Morgan fingerprint density at radius 2 is 0.871 bits per heavy atom. The molecule has 0 aliphatic carbocycles. The first-order valence-corrected chi connectivity index (χ1v) is 9.65. The maximum atomic E-state index is 11.3. The Labute approximate surface area is 181 Å². The van der Waals surface area contributed by atoms with Crippen molar-refractivity contribution < 1.29 is 62.5 Å². The molecule has 0 aromatic heterocycles. The lowest BCUT2D eigenvalue weighted by Gasteiger charge is -2.08. The summed E-state index contributed by atoms with van der Waals surface area (Å²) in [6.45, 7) is 6.72. The minimum absolute atomic E-state index is 0.0273. The van der Waals surface area contributed by atoms with Crippen LogP contribution in [0, 0.1) is 0 Å². The highest BCUT2D eigenvalue weighted by Gasteiger charge is 2.13. The van der Waals surface area contributed by atoms with Gasteiger partial charge in [0, 0.05) is 7.11 Å². The molecule has 0 bridgehead atoms. The van der Waals surface area contributed by atoms with Crippen LogP contribution < -0.4 is 0 Å². The zero-order valence-corrected chi connectivity index (χ0v) is 18.7. The minimum Gasteiger partial charge on any atom is -0.462 e. The summed E-state index contributed by atoms with van der Waals surface area (Å²) in [6, 6.07) is 0. The lowest BCUT2D eigenvalue weighted by atomic mass is 10.4. The highest BCUT2D eigenvalue weighted by atomic mass is 17.1. The van der Waals surface area contributed by atoms with Crippen LogP contribution in [0.5, 0.6) is 0 Å². The van der Waals surface area contributed by atoms with Gasteiger partial charge in [0.05, 0.1) is 6.61 Å². The molecule has 0 radical (unpaired) electrons. The SMILES string of the molecule is CC.CC.COCCOC(=O)OCCOC(=O)CC(=O)OCCOC(=O)OCCOO. The van der Waals surface area contributed by atoms with Crippen molar-refractivity contribution in [3.05, 3.63) is 0 Å². The molecule has 13 nitrogen and oxygen atoms in total. The molecule has 0 spiro atoms. The summed E-state index contributed by atoms with van der Waals surface area (Å²) in [6.07, 6.45) is -2.65. The van der Waals surface area contributed by atoms with E-state index in [4.69, 9.17) is 5.26 Å². The third-order valence-electron chi connectivity index (χ3n) is 2.32. The predicted molar refractivity (Wildman–Crippen MR) is 104 cm³/mol. The smallest absolute Gasteiger partial charge is 0.462 e. The largest absolute Gasteiger partial charge is 0.508 e. The topological polar surface area (TPSA) is 162 Å². The zero-order valence-electron chi connectivity index (χ0n) is 18.7. The first-order valence-electron chi connectivity index (χ1n) is 9.65. The van der Waals surface area contributed by atoms with Gasteiger partial charge in [-0.3, -0.25) is 14.8 Å². The third kappa shape index (κ3) is 27.4. The third-order valence-corrected chi connectivity index (χ3v) is 2.32. The number of carbonyl (C=O) groups is 4. The Balaban J connectivity index is -0.00000184. The molecule has 0 aliphatic heterocycles. The minimum atomic E-state index is -1.04. The van der Waals surface area contributed by atoms with Crippen LogP contribution in [0.3, 0.4) is 0 Å². The van der Waals surface area contributed by atoms with Gasteiger partial charge in [-0.2, -0.15) is 0 Å². The van der Waals surface area contributed by atoms with E-state index in [1.165, 1.54) is 7.11 Å². The molecular weight excluding hydrogens is 424 g/mol. The molecule has 0 saturated carbocycles. The van der Waals surface area contributed by atoms with Gasteiger partial charge < -0.3 is 33.2 Å². The predicted octanol–water partition coefficient (Wildman–Crippen LogP) is 1.96. The van der Waals surface area contributed by atoms with Gasteiger partial charge in [-0.1, -0.05) is 27.7 Å². The maximum absolute atomic E-state index is 11.3. The molecule has 0 aliphatic rings. The zero-order chi connectivity index (χ0) is 24.3. The van der Waals surface area contributed by atoms with Gasteiger partial charge in [-0.15, -0.1) is 0 Å². The van der Waals surface area contributed by atoms with Gasteiger partial charge in [-0.05, 0) is 0 Å². The Morgan fingerprint density at radius 3 is 1.23 bits per heavy atom. The van der Waals surface area contributed by atoms with E-state index in [0.717, 1.165) is 0 Å². The number of rotatable bonds is 14. The molecule has 0 aromatic rings. The van der Waals surface area contributed by atoms with Crippen LogP contribution in [0.2, 0.25) is 0 Å². The van der Waals surface area contributed by atoms with Crippen molar-refractivity contribution in [2.45, 2.75) is 34.1 Å². The van der Waals surface area contributed by atoms with E-state index >= 15 is 0 Å². The van der Waals surface area contributed by atoms with Gasteiger partial charge in [-0.25, -0.2) is 14.5 Å². The molecule has 0 heterocycles. The first kappa shape index (κ1) is 33.0. The standard InChI is InChI=1S/C14H22O13.2C2H6/c1-20-2-3-23-13(17)24-6-4-21-11(15)10-12(16)22-5-7-25-14(18)26-8-9-27-19;2*1-2/h19H,2-10H2,1H3;2*1-2H3. The van der Waals surface area contributed by atoms with Crippen molar-refractivity contribution in [2.75, 3.05) is 60.0 Å². The normalized spacial score (nSPS) is 8.97. The summed E-state index contributed by atoms with van der Waals surface area (Å²) in [5, 5.41) is 8.00. The van der Waals surface area contributed by atoms with Crippen LogP contribution in [-0.4, -0.2) is 89.5 Å². The average molecular weight is 458 g/mol. The van der Waals surface area contributed by atoms with Crippen LogP contribution in [0.4, 0.5) is 9.59 Å². The molecule has 0 fully saturated rings. The highest BCUT2D eigenvalue weighted by molar-refractivity contribution is 5.91. The molecule has 13 heteroatoms. The van der Waals surface area contributed by atoms with Crippen LogP contribution in [0.15, 0.2) is 0 Å². The Bertz CT molecular complexity index is 414. The molecule has 0 saturated heterocycles. The fourth-order valence-corrected chi connectivity index (χ4v) is 1.23. The van der Waals surface area contributed by atoms with E-state index < -0.39 is 30.7 Å². The molecule has 0 unspecified atom stereocenters. The number of ether oxygens (including phenoxy) is 7. The van der Waals surface area contributed by atoms with Crippen molar-refractivity contribution >= 4 is 24.2 Å². The molecule has 0 atom stereocenters. The number of esters is 2. The van der Waals surface area contributed by atoms with E-state index in [1.807, 2.05) is 27.7 Å². The number of methoxy groups -OCH3 is 1. The number of hydrogen-bond donors (Lipinski definition) is 1. The summed E-state index contributed by atoms with van der Waals surface area (Å²) in [4.78, 5) is 48.4. The van der Waals surface area contributed by atoms with Crippen LogP contribution in [0.1, 0.15) is 34.1 Å². The highest BCUT2D eigenvalue weighted by Crippen LogP contribution is 1.94. The van der Waals surface area contributed by atoms with Gasteiger partial charge in [0.1, 0.15) is 52.7 Å². The Hall–Kier alpha value is -2.64. The second-order valence-electron chi connectivity index (χ2n) is 4.34. The Morgan fingerprint density at radius 1 is 0.548 bits per heavy atom. The van der Waals surface area contributed by atoms with E-state index in [9.17, 15) is 19.2 Å². The van der Waals surface area contributed by atoms with Crippen molar-refractivity contribution in [1.29, 1.82) is 0 Å². The second-order valence-corrected chi connectivity index (χ2v) is 4.34. The molecular formula is C18H34O13. The summed E-state index contributed by atoms with van der Waals surface area (Å²) in [5.41, 5.74) is 0. The van der Waals surface area contributed by atoms with Gasteiger partial charge >= 0.3 is 24.2 Å². The molecule has 0 amide bonds. The molecule has 0 aromatic carbocycles. The molecule has 184 valence electrons. The van der Waals surface area contributed by atoms with E-state index in [-0.39, 0.29) is 52.9 Å². The fraction of sp³-hybridized carbons (Fsp3) is 0.778.